The van der Waals surface area contributed by atoms with Crippen LogP contribution in [0.1, 0.15) is 33.1 Å². The van der Waals surface area contributed by atoms with Crippen molar-refractivity contribution in [1.82, 2.24) is 15.1 Å². The van der Waals surface area contributed by atoms with Gasteiger partial charge in [0.2, 0.25) is 0 Å². The molecule has 1 unspecified atom stereocenters. The van der Waals surface area contributed by atoms with Crippen molar-refractivity contribution in [3.05, 3.63) is 0 Å². The van der Waals surface area contributed by atoms with Crippen LogP contribution in [0.3, 0.4) is 0 Å². The van der Waals surface area contributed by atoms with Crippen molar-refractivity contribution in [3.63, 3.8) is 0 Å². The van der Waals surface area contributed by atoms with Gasteiger partial charge in [0.15, 0.2) is 0 Å². The summed E-state index contributed by atoms with van der Waals surface area (Å²) in [5.74, 6) is -0.738. The van der Waals surface area contributed by atoms with E-state index in [0.29, 0.717) is 6.42 Å². The van der Waals surface area contributed by atoms with E-state index in [4.69, 9.17) is 5.11 Å². The van der Waals surface area contributed by atoms with E-state index in [2.05, 4.69) is 36.1 Å². The van der Waals surface area contributed by atoms with Crippen LogP contribution in [0, 0.1) is 0 Å². The predicted octanol–water partition coefficient (Wildman–Crippen LogP) is 1.10. The van der Waals surface area contributed by atoms with E-state index in [1.807, 2.05) is 6.92 Å². The average molecular weight is 273 g/mol. The molecule has 0 aromatic rings. The van der Waals surface area contributed by atoms with Crippen LogP contribution in [0.15, 0.2) is 0 Å². The van der Waals surface area contributed by atoms with Gasteiger partial charge in [0, 0.05) is 6.54 Å². The molecule has 0 heterocycles. The van der Waals surface area contributed by atoms with Gasteiger partial charge >= 0.3 is 5.97 Å². The second-order valence-corrected chi connectivity index (χ2v) is 5.22. The molecule has 0 spiro atoms. The Morgan fingerprint density at radius 3 is 2.37 bits per heavy atom. The molecule has 0 aliphatic heterocycles. The Labute approximate surface area is 118 Å². The number of rotatable bonds is 12. The highest BCUT2D eigenvalue weighted by molar-refractivity contribution is 5.73. The first-order chi connectivity index (χ1) is 9.01. The molecule has 0 radical (unpaired) electrons. The molecule has 5 nitrogen and oxygen atoms in total. The summed E-state index contributed by atoms with van der Waals surface area (Å²) in [5.41, 5.74) is 0. The average Bonchev–Trinajstić information content (AvgIpc) is 2.35. The van der Waals surface area contributed by atoms with E-state index in [-0.39, 0.29) is 0 Å². The Kier molecular flexibility index (Phi) is 10.8. The van der Waals surface area contributed by atoms with Gasteiger partial charge in [0.05, 0.1) is 0 Å². The highest BCUT2D eigenvalue weighted by atomic mass is 16.4. The Morgan fingerprint density at radius 2 is 1.89 bits per heavy atom. The van der Waals surface area contributed by atoms with E-state index in [0.717, 1.165) is 45.6 Å². The number of carboxylic acids is 1. The Bertz CT molecular complexity index is 235. The molecule has 0 saturated heterocycles. The zero-order chi connectivity index (χ0) is 14.7. The second kappa shape index (κ2) is 11.2. The standard InChI is InChI=1S/C14H31N3O2/c1-5-9-15-13(14(18)19)8-12-17(6-2)11-7-10-16(3)4/h13,15H,5-12H2,1-4H3,(H,18,19). The molecular formula is C14H31N3O2. The van der Waals surface area contributed by atoms with Crippen LogP contribution in [0.2, 0.25) is 0 Å². The fourth-order valence-electron chi connectivity index (χ4n) is 1.98. The van der Waals surface area contributed by atoms with Gasteiger partial charge in [-0.25, -0.2) is 0 Å². The topological polar surface area (TPSA) is 55.8 Å². The lowest BCUT2D eigenvalue weighted by atomic mass is 10.2. The molecule has 0 bridgehead atoms. The Morgan fingerprint density at radius 1 is 1.21 bits per heavy atom. The van der Waals surface area contributed by atoms with Gasteiger partial charge < -0.3 is 20.2 Å². The number of aliphatic carboxylic acids is 1. The molecule has 19 heavy (non-hydrogen) atoms. The molecule has 0 aromatic heterocycles. The summed E-state index contributed by atoms with van der Waals surface area (Å²) < 4.78 is 0. The SMILES string of the molecule is CCCNC(CCN(CC)CCCN(C)C)C(=O)O. The lowest BCUT2D eigenvalue weighted by Crippen LogP contribution is -2.40. The van der Waals surface area contributed by atoms with Gasteiger partial charge in [-0.05, 0) is 59.5 Å². The van der Waals surface area contributed by atoms with Crippen LogP contribution in [0.25, 0.3) is 0 Å². The zero-order valence-electron chi connectivity index (χ0n) is 13.0. The molecule has 0 aliphatic carbocycles. The van der Waals surface area contributed by atoms with Gasteiger partial charge in [-0.2, -0.15) is 0 Å². The summed E-state index contributed by atoms with van der Waals surface area (Å²) in [6.45, 7) is 8.88. The minimum Gasteiger partial charge on any atom is -0.480 e. The molecule has 5 heteroatoms. The quantitative estimate of drug-likeness (QED) is 0.558. The van der Waals surface area contributed by atoms with Crippen molar-refractivity contribution in [1.29, 1.82) is 0 Å². The minimum atomic E-state index is -0.738. The smallest absolute Gasteiger partial charge is 0.320 e. The summed E-state index contributed by atoms with van der Waals surface area (Å²) in [4.78, 5) is 15.6. The molecule has 0 fully saturated rings. The van der Waals surface area contributed by atoms with Crippen LogP contribution in [-0.4, -0.2) is 73.7 Å². The van der Waals surface area contributed by atoms with E-state index in [1.54, 1.807) is 0 Å². The molecule has 0 saturated carbocycles. The molecule has 0 amide bonds. The van der Waals surface area contributed by atoms with Crippen molar-refractivity contribution in [2.45, 2.75) is 39.2 Å². The Hall–Kier alpha value is -0.650. The van der Waals surface area contributed by atoms with Gasteiger partial charge in [0.1, 0.15) is 6.04 Å². The first kappa shape index (κ1) is 18.4. The molecule has 0 aliphatic rings. The van der Waals surface area contributed by atoms with Crippen LogP contribution in [0.4, 0.5) is 0 Å². The number of nitrogens with zero attached hydrogens (tertiary/aromatic N) is 2. The monoisotopic (exact) mass is 273 g/mol. The molecule has 114 valence electrons. The maximum Gasteiger partial charge on any atom is 0.320 e. The maximum absolute atomic E-state index is 11.1. The zero-order valence-corrected chi connectivity index (χ0v) is 13.0. The lowest BCUT2D eigenvalue weighted by molar-refractivity contribution is -0.139. The van der Waals surface area contributed by atoms with Crippen molar-refractivity contribution < 1.29 is 9.90 Å². The van der Waals surface area contributed by atoms with E-state index < -0.39 is 12.0 Å². The first-order valence-electron chi connectivity index (χ1n) is 7.34. The minimum absolute atomic E-state index is 0.414. The van der Waals surface area contributed by atoms with Crippen molar-refractivity contribution >= 4 is 5.97 Å². The number of carbonyl (C=O) groups is 1. The van der Waals surface area contributed by atoms with E-state index in [1.165, 1.54) is 0 Å². The molecule has 2 N–H and O–H groups in total. The first-order valence-corrected chi connectivity index (χ1v) is 7.34. The third kappa shape index (κ3) is 9.87. The summed E-state index contributed by atoms with van der Waals surface area (Å²) >= 11 is 0. The lowest BCUT2D eigenvalue weighted by Gasteiger charge is -2.23. The Balaban J connectivity index is 3.97. The van der Waals surface area contributed by atoms with Crippen LogP contribution < -0.4 is 5.32 Å². The highest BCUT2D eigenvalue weighted by Gasteiger charge is 2.17. The van der Waals surface area contributed by atoms with Gasteiger partial charge in [0.25, 0.3) is 0 Å². The predicted molar refractivity (Wildman–Crippen MR) is 79.6 cm³/mol. The molecular weight excluding hydrogens is 242 g/mol. The number of hydrogen-bond donors (Lipinski definition) is 2. The maximum atomic E-state index is 11.1. The summed E-state index contributed by atoms with van der Waals surface area (Å²) in [7, 11) is 4.15. The normalized spacial score (nSPS) is 13.2. The highest BCUT2D eigenvalue weighted by Crippen LogP contribution is 1.99. The summed E-state index contributed by atoms with van der Waals surface area (Å²) in [6.07, 6.45) is 2.76. The van der Waals surface area contributed by atoms with Gasteiger partial charge in [-0.15, -0.1) is 0 Å². The fraction of sp³-hybridized carbons (Fsp3) is 0.929. The van der Waals surface area contributed by atoms with Crippen molar-refractivity contribution in [2.24, 2.45) is 0 Å². The third-order valence-corrected chi connectivity index (χ3v) is 3.20. The van der Waals surface area contributed by atoms with Crippen LogP contribution >= 0.6 is 0 Å². The largest absolute Gasteiger partial charge is 0.480 e. The van der Waals surface area contributed by atoms with Crippen molar-refractivity contribution in [2.75, 3.05) is 46.8 Å². The number of carboxylic acid groups (broad SMARTS) is 1. The third-order valence-electron chi connectivity index (χ3n) is 3.20. The fourth-order valence-corrected chi connectivity index (χ4v) is 1.98. The van der Waals surface area contributed by atoms with E-state index in [9.17, 15) is 4.79 Å². The molecule has 1 atom stereocenters. The molecule has 0 rings (SSSR count). The second-order valence-electron chi connectivity index (χ2n) is 5.22. The number of hydrogen-bond acceptors (Lipinski definition) is 4. The van der Waals surface area contributed by atoms with Crippen LogP contribution in [0.5, 0.6) is 0 Å². The van der Waals surface area contributed by atoms with Crippen LogP contribution in [-0.2, 0) is 4.79 Å². The van der Waals surface area contributed by atoms with Crippen molar-refractivity contribution in [3.8, 4) is 0 Å². The molecule has 0 aromatic carbocycles. The summed E-state index contributed by atoms with van der Waals surface area (Å²) in [6, 6.07) is -0.414. The summed E-state index contributed by atoms with van der Waals surface area (Å²) in [5, 5.41) is 12.2. The van der Waals surface area contributed by atoms with E-state index >= 15 is 0 Å². The number of nitrogens with one attached hydrogen (secondary N) is 1. The van der Waals surface area contributed by atoms with Gasteiger partial charge in [-0.3, -0.25) is 4.79 Å². The van der Waals surface area contributed by atoms with Gasteiger partial charge in [-0.1, -0.05) is 13.8 Å².